The van der Waals surface area contributed by atoms with Crippen LogP contribution in [0.5, 0.6) is 0 Å². The largest absolute Gasteiger partial charge is 0.478 e. The second-order valence-corrected chi connectivity index (χ2v) is 16.2. The molecule has 3 unspecified atom stereocenters. The number of fused-ring (bicyclic) bond motifs is 4. The molecule has 3 saturated carbocycles. The Morgan fingerprint density at radius 1 is 0.878 bits per heavy atom. The maximum atomic E-state index is 15.4. The number of carboxylic acid groups (broad SMARTS) is 1. The lowest BCUT2D eigenvalue weighted by Crippen LogP contribution is -2.65. The van der Waals surface area contributed by atoms with Crippen LogP contribution in [-0.4, -0.2) is 63.6 Å². The molecule has 0 aromatic heterocycles. The molecule has 1 heterocycles. The van der Waals surface area contributed by atoms with E-state index >= 15 is 8.78 Å². The quantitative estimate of drug-likeness (QED) is 0.221. The zero-order valence-electron chi connectivity index (χ0n) is 27.9. The number of rotatable bonds is 4. The van der Waals surface area contributed by atoms with Gasteiger partial charge in [0.2, 0.25) is 0 Å². The minimum absolute atomic E-state index is 0.00929. The molecule has 0 bridgehead atoms. The summed E-state index contributed by atoms with van der Waals surface area (Å²) in [5, 5.41) is 33.4. The fourth-order valence-corrected chi connectivity index (χ4v) is 10.0. The van der Waals surface area contributed by atoms with Crippen LogP contribution in [0.3, 0.4) is 0 Å². The molecule has 7 rings (SSSR count). The summed E-state index contributed by atoms with van der Waals surface area (Å²) in [5.41, 5.74) is -2.78. The first kappa shape index (κ1) is 34.6. The summed E-state index contributed by atoms with van der Waals surface area (Å²) in [7, 11) is 0. The first-order valence-corrected chi connectivity index (χ1v) is 17.1. The maximum absolute atomic E-state index is 15.4. The Morgan fingerprint density at radius 2 is 1.55 bits per heavy atom. The predicted molar refractivity (Wildman–Crippen MR) is 170 cm³/mol. The van der Waals surface area contributed by atoms with Gasteiger partial charge >= 0.3 is 18.1 Å². The molecule has 5 aliphatic rings. The van der Waals surface area contributed by atoms with Gasteiger partial charge in [0.1, 0.15) is 5.60 Å². The van der Waals surface area contributed by atoms with Crippen LogP contribution < -0.4 is 0 Å². The number of aromatic carboxylic acids is 1. The lowest BCUT2D eigenvalue weighted by molar-refractivity contribution is -0.362. The van der Waals surface area contributed by atoms with E-state index in [-0.39, 0.29) is 36.7 Å². The number of hydrogen-bond donors (Lipinski definition) is 3. The molecule has 0 radical (unpaired) electrons. The van der Waals surface area contributed by atoms with Crippen molar-refractivity contribution >= 4 is 5.97 Å². The van der Waals surface area contributed by atoms with Crippen molar-refractivity contribution in [1.29, 1.82) is 0 Å². The molecule has 0 amide bonds. The summed E-state index contributed by atoms with van der Waals surface area (Å²) < 4.78 is 85.3. The molecule has 3 N–H and O–H groups in total. The molecule has 6 nitrogen and oxygen atoms in total. The second-order valence-electron chi connectivity index (χ2n) is 16.2. The smallest absolute Gasteiger partial charge is 0.456 e. The van der Waals surface area contributed by atoms with E-state index in [4.69, 9.17) is 9.47 Å². The van der Waals surface area contributed by atoms with Crippen molar-refractivity contribution in [2.45, 2.75) is 107 Å². The molecule has 2 aromatic carbocycles. The first-order valence-electron chi connectivity index (χ1n) is 17.1. The summed E-state index contributed by atoms with van der Waals surface area (Å²) in [6.45, 7) is 6.41. The summed E-state index contributed by atoms with van der Waals surface area (Å²) in [4.78, 5) is 11.6. The molecule has 1 spiro atoms. The third-order valence-corrected chi connectivity index (χ3v) is 12.6. The van der Waals surface area contributed by atoms with Gasteiger partial charge in [-0.05, 0) is 84.8 Å². The van der Waals surface area contributed by atoms with Crippen molar-refractivity contribution in [2.24, 2.45) is 22.7 Å². The molecular formula is C38H43F5O6. The molecule has 4 aliphatic carbocycles. The molecule has 4 fully saturated rings. The normalized spacial score (nSPS) is 35.4. The zero-order chi connectivity index (χ0) is 35.4. The van der Waals surface area contributed by atoms with E-state index in [2.05, 4.69) is 0 Å². The van der Waals surface area contributed by atoms with E-state index < -0.39 is 64.6 Å². The van der Waals surface area contributed by atoms with Gasteiger partial charge in [0.15, 0.2) is 5.79 Å². The molecule has 2 aromatic rings. The van der Waals surface area contributed by atoms with Crippen molar-refractivity contribution in [1.82, 2.24) is 0 Å². The number of hydrogen-bond acceptors (Lipinski definition) is 5. The van der Waals surface area contributed by atoms with Gasteiger partial charge in [0.25, 0.3) is 0 Å². The molecule has 49 heavy (non-hydrogen) atoms. The zero-order valence-corrected chi connectivity index (χ0v) is 27.9. The number of alkyl halides is 5. The van der Waals surface area contributed by atoms with E-state index in [1.807, 2.05) is 13.8 Å². The van der Waals surface area contributed by atoms with Crippen LogP contribution in [-0.2, 0) is 9.47 Å². The third kappa shape index (κ3) is 5.20. The maximum Gasteiger partial charge on any atom is 0.456 e. The van der Waals surface area contributed by atoms with E-state index in [9.17, 15) is 33.3 Å². The lowest BCUT2D eigenvalue weighted by atomic mass is 9.49. The molecule has 266 valence electrons. The fraction of sp³-hybridized carbons (Fsp3) is 0.605. The monoisotopic (exact) mass is 690 g/mol. The van der Waals surface area contributed by atoms with Crippen molar-refractivity contribution in [3.8, 4) is 11.1 Å². The summed E-state index contributed by atoms with van der Waals surface area (Å²) in [6.07, 6.45) is -5.03. The molecule has 11 heteroatoms. The highest BCUT2D eigenvalue weighted by molar-refractivity contribution is 5.89. The van der Waals surface area contributed by atoms with Crippen LogP contribution in [0, 0.1) is 22.7 Å². The second kappa shape index (κ2) is 11.1. The standard InChI is InChI=1S/C38H43F5O6/c1-32(2)20-48-35(49-21-32)15-12-29-30-26(11-14-34(29,46)19-35)28-13-16-36(47,37(39,40)38(41,42)43)33(28,3)18-27(30)23-9-7-22(8-10-23)24-5-4-6-25(17-24)31(44)45/h4-10,17,26-28,46-47H,11-16,18-21H2,1-3H3,(H,44,45)/t26?,27-,28?,33+,34?,36+/m1/s1. The Labute approximate surface area is 282 Å². The van der Waals surface area contributed by atoms with Gasteiger partial charge in [-0.15, -0.1) is 0 Å². The van der Waals surface area contributed by atoms with Crippen molar-refractivity contribution < 1.29 is 51.5 Å². The van der Waals surface area contributed by atoms with Gasteiger partial charge in [-0.25, -0.2) is 4.79 Å². The van der Waals surface area contributed by atoms with E-state index in [0.29, 0.717) is 49.2 Å². The minimum atomic E-state index is -5.93. The van der Waals surface area contributed by atoms with Crippen molar-refractivity contribution in [2.75, 3.05) is 13.2 Å². The van der Waals surface area contributed by atoms with Crippen molar-refractivity contribution in [3.05, 3.63) is 70.8 Å². The van der Waals surface area contributed by atoms with Gasteiger partial charge in [-0.3, -0.25) is 0 Å². The highest BCUT2D eigenvalue weighted by atomic mass is 19.4. The average Bonchev–Trinajstić information content (AvgIpc) is 3.32. The minimum Gasteiger partial charge on any atom is -0.478 e. The number of ether oxygens (including phenoxy) is 2. The van der Waals surface area contributed by atoms with Crippen LogP contribution in [0.25, 0.3) is 11.1 Å². The first-order chi connectivity index (χ1) is 22.7. The topological polar surface area (TPSA) is 96.2 Å². The van der Waals surface area contributed by atoms with Crippen molar-refractivity contribution in [3.63, 3.8) is 0 Å². The summed E-state index contributed by atoms with van der Waals surface area (Å²) >= 11 is 0. The fourth-order valence-electron chi connectivity index (χ4n) is 10.0. The van der Waals surface area contributed by atoms with Crippen LogP contribution in [0.1, 0.15) is 94.0 Å². The number of carboxylic acids is 1. The number of benzene rings is 2. The number of carbonyl (C=O) groups is 1. The van der Waals surface area contributed by atoms with E-state index in [1.165, 1.54) is 19.1 Å². The number of halogens is 5. The summed E-state index contributed by atoms with van der Waals surface area (Å²) in [5.74, 6) is -9.07. The highest BCUT2D eigenvalue weighted by Gasteiger charge is 2.79. The Balaban J connectivity index is 1.32. The molecule has 1 aliphatic heterocycles. The third-order valence-electron chi connectivity index (χ3n) is 12.6. The van der Waals surface area contributed by atoms with Crippen LogP contribution in [0.15, 0.2) is 59.7 Å². The van der Waals surface area contributed by atoms with Gasteiger partial charge < -0.3 is 24.8 Å². The SMILES string of the molecule is CC1(C)COC2(CCC3=C4C(CCC3(O)C2)C2CC[C@@](O)(C(F)(F)C(F)(F)F)[C@@]2(C)C[C@@H]4c2ccc(-c3cccc(C(=O)O)c3)cc2)OC1. The van der Waals surface area contributed by atoms with Gasteiger partial charge in [-0.1, -0.05) is 62.7 Å². The van der Waals surface area contributed by atoms with Gasteiger partial charge in [0.05, 0.1) is 24.4 Å². The Morgan fingerprint density at radius 3 is 2.18 bits per heavy atom. The number of aliphatic hydroxyl groups is 2. The Bertz CT molecular complexity index is 1670. The molecule has 1 saturated heterocycles. The van der Waals surface area contributed by atoms with E-state index in [0.717, 1.165) is 11.1 Å². The Hall–Kier alpha value is -2.86. The van der Waals surface area contributed by atoms with E-state index in [1.54, 1.807) is 36.4 Å². The molecular weight excluding hydrogens is 647 g/mol. The highest BCUT2D eigenvalue weighted by Crippen LogP contribution is 2.71. The van der Waals surface area contributed by atoms with Crippen LogP contribution in [0.4, 0.5) is 22.0 Å². The van der Waals surface area contributed by atoms with Gasteiger partial charge in [-0.2, -0.15) is 22.0 Å². The average molecular weight is 691 g/mol. The Kier molecular flexibility index (Phi) is 7.81. The lowest BCUT2D eigenvalue weighted by Gasteiger charge is -2.59. The number of allylic oxidation sites excluding steroid dienone is 1. The summed E-state index contributed by atoms with van der Waals surface area (Å²) in [6, 6.07) is 13.6. The predicted octanol–water partition coefficient (Wildman–Crippen LogP) is 8.28. The van der Waals surface area contributed by atoms with Crippen LogP contribution >= 0.6 is 0 Å². The van der Waals surface area contributed by atoms with Gasteiger partial charge in [0, 0.05) is 29.6 Å². The van der Waals surface area contributed by atoms with Crippen LogP contribution in [0.2, 0.25) is 0 Å². The molecule has 6 atom stereocenters.